The number of rotatable bonds is 6. The zero-order valence-electron chi connectivity index (χ0n) is 16.0. The van der Waals surface area contributed by atoms with Gasteiger partial charge in [-0.15, -0.1) is 11.3 Å². The Bertz CT molecular complexity index is 1120. The molecule has 0 saturated heterocycles. The van der Waals surface area contributed by atoms with Crippen LogP contribution in [0.1, 0.15) is 22.3 Å². The summed E-state index contributed by atoms with van der Waals surface area (Å²) < 4.78 is 13.1. The summed E-state index contributed by atoms with van der Waals surface area (Å²) in [6.45, 7) is 3.94. The zero-order valence-corrected chi connectivity index (χ0v) is 16.8. The van der Waals surface area contributed by atoms with Gasteiger partial charge in [0, 0.05) is 18.0 Å². The number of aromatic nitrogens is 3. The number of hydrogen-bond acceptors (Lipinski definition) is 6. The molecule has 0 bridgehead atoms. The van der Waals surface area contributed by atoms with Gasteiger partial charge in [0.15, 0.2) is 5.75 Å². The lowest BCUT2D eigenvalue weighted by Gasteiger charge is -2.13. The third-order valence-electron chi connectivity index (χ3n) is 4.22. The second kappa shape index (κ2) is 8.28. The predicted molar refractivity (Wildman–Crippen MR) is 112 cm³/mol. The van der Waals surface area contributed by atoms with E-state index in [-0.39, 0.29) is 5.97 Å². The van der Waals surface area contributed by atoms with Crippen molar-refractivity contribution in [3.63, 3.8) is 0 Å². The van der Waals surface area contributed by atoms with E-state index < -0.39 is 0 Å². The first-order valence-electron chi connectivity index (χ1n) is 9.16. The number of esters is 1. The van der Waals surface area contributed by atoms with E-state index in [1.807, 2.05) is 66.2 Å². The van der Waals surface area contributed by atoms with Gasteiger partial charge < -0.3 is 14.0 Å². The standard InChI is InChI=1S/C22H19N3O3S/c1-3-27-22(26)20-15(2)24-21(29-20)16-9-10-19(28-17-7-5-4-6-8-17)18(13-16)25-12-11-23-14-25/h4-14H,3H2,1-2H3. The quantitative estimate of drug-likeness (QED) is 0.409. The maximum atomic E-state index is 12.1. The van der Waals surface area contributed by atoms with Crippen LogP contribution in [-0.2, 0) is 4.74 Å². The zero-order chi connectivity index (χ0) is 20.2. The molecule has 0 spiro atoms. The van der Waals surface area contributed by atoms with Crippen LogP contribution in [0.2, 0.25) is 0 Å². The molecule has 0 aliphatic carbocycles. The summed E-state index contributed by atoms with van der Waals surface area (Å²) in [5.74, 6) is 1.10. The molecule has 0 amide bonds. The van der Waals surface area contributed by atoms with Crippen LogP contribution in [0.3, 0.4) is 0 Å². The Hall–Kier alpha value is -3.45. The summed E-state index contributed by atoms with van der Waals surface area (Å²) in [5, 5.41) is 0.748. The molecule has 7 heteroatoms. The number of carbonyl (C=O) groups excluding carboxylic acids is 1. The molecular formula is C22H19N3O3S. The molecule has 2 heterocycles. The van der Waals surface area contributed by atoms with Gasteiger partial charge in [0.2, 0.25) is 0 Å². The Morgan fingerprint density at radius 2 is 2.00 bits per heavy atom. The van der Waals surface area contributed by atoms with Crippen LogP contribution in [0, 0.1) is 6.92 Å². The number of ether oxygens (including phenoxy) is 2. The van der Waals surface area contributed by atoms with Gasteiger partial charge in [-0.05, 0) is 44.2 Å². The van der Waals surface area contributed by atoms with Gasteiger partial charge in [0.25, 0.3) is 0 Å². The summed E-state index contributed by atoms with van der Waals surface area (Å²) in [4.78, 5) is 21.4. The van der Waals surface area contributed by atoms with Crippen LogP contribution >= 0.6 is 11.3 Å². The average molecular weight is 405 g/mol. The number of benzene rings is 2. The van der Waals surface area contributed by atoms with Crippen LogP contribution in [0.4, 0.5) is 0 Å². The van der Waals surface area contributed by atoms with E-state index in [9.17, 15) is 4.79 Å². The SMILES string of the molecule is CCOC(=O)c1sc(-c2ccc(Oc3ccccc3)c(-n3ccnc3)c2)nc1C. The molecular weight excluding hydrogens is 386 g/mol. The fourth-order valence-corrected chi connectivity index (χ4v) is 3.82. The highest BCUT2D eigenvalue weighted by atomic mass is 32.1. The van der Waals surface area contributed by atoms with E-state index in [4.69, 9.17) is 9.47 Å². The van der Waals surface area contributed by atoms with Crippen molar-refractivity contribution >= 4 is 17.3 Å². The number of thiazole rings is 1. The van der Waals surface area contributed by atoms with Crippen molar-refractivity contribution in [2.24, 2.45) is 0 Å². The molecule has 4 aromatic rings. The van der Waals surface area contributed by atoms with Crippen molar-refractivity contribution in [3.05, 3.63) is 77.8 Å². The smallest absolute Gasteiger partial charge is 0.350 e. The third kappa shape index (κ3) is 4.05. The van der Waals surface area contributed by atoms with E-state index in [1.54, 1.807) is 19.4 Å². The highest BCUT2D eigenvalue weighted by Crippen LogP contribution is 2.35. The van der Waals surface area contributed by atoms with Gasteiger partial charge in [-0.2, -0.15) is 0 Å². The van der Waals surface area contributed by atoms with Crippen LogP contribution < -0.4 is 4.74 Å². The molecule has 0 atom stereocenters. The highest BCUT2D eigenvalue weighted by Gasteiger charge is 2.18. The summed E-state index contributed by atoms with van der Waals surface area (Å²) in [6, 6.07) is 15.4. The second-order valence-corrected chi connectivity index (χ2v) is 7.22. The van der Waals surface area contributed by atoms with Crippen molar-refractivity contribution in [3.8, 4) is 27.8 Å². The van der Waals surface area contributed by atoms with Crippen LogP contribution in [-0.4, -0.2) is 27.1 Å². The van der Waals surface area contributed by atoms with E-state index in [0.29, 0.717) is 22.9 Å². The minimum absolute atomic E-state index is 0.335. The van der Waals surface area contributed by atoms with Crippen molar-refractivity contribution in [2.75, 3.05) is 6.61 Å². The summed E-state index contributed by atoms with van der Waals surface area (Å²) in [7, 11) is 0. The molecule has 2 aromatic carbocycles. The maximum Gasteiger partial charge on any atom is 0.350 e. The number of aryl methyl sites for hydroxylation is 1. The van der Waals surface area contributed by atoms with Gasteiger partial charge in [-0.3, -0.25) is 0 Å². The Balaban J connectivity index is 1.74. The minimum Gasteiger partial charge on any atom is -0.462 e. The largest absolute Gasteiger partial charge is 0.462 e. The van der Waals surface area contributed by atoms with E-state index in [0.717, 1.165) is 22.0 Å². The predicted octanol–water partition coefficient (Wildman–Crippen LogP) is 5.27. The van der Waals surface area contributed by atoms with Crippen molar-refractivity contribution < 1.29 is 14.3 Å². The Kier molecular flexibility index (Phi) is 5.39. The number of imidazole rings is 1. The van der Waals surface area contributed by atoms with E-state index >= 15 is 0 Å². The molecule has 146 valence electrons. The monoisotopic (exact) mass is 405 g/mol. The molecule has 0 fully saturated rings. The number of carbonyl (C=O) groups is 1. The minimum atomic E-state index is -0.340. The average Bonchev–Trinajstić information content (AvgIpc) is 3.39. The molecule has 0 N–H and O–H groups in total. The molecule has 0 aliphatic heterocycles. The first-order valence-corrected chi connectivity index (χ1v) is 9.97. The first kappa shape index (κ1) is 18.9. The molecule has 0 aliphatic rings. The van der Waals surface area contributed by atoms with E-state index in [1.165, 1.54) is 11.3 Å². The molecule has 29 heavy (non-hydrogen) atoms. The maximum absolute atomic E-state index is 12.1. The van der Waals surface area contributed by atoms with Gasteiger partial charge in [0.1, 0.15) is 15.6 Å². The first-order chi connectivity index (χ1) is 14.2. The van der Waals surface area contributed by atoms with Gasteiger partial charge >= 0.3 is 5.97 Å². The van der Waals surface area contributed by atoms with Crippen LogP contribution in [0.25, 0.3) is 16.3 Å². The molecule has 0 unspecified atom stereocenters. The topological polar surface area (TPSA) is 66.2 Å². The number of para-hydroxylation sites is 1. The summed E-state index contributed by atoms with van der Waals surface area (Å²) >= 11 is 1.33. The van der Waals surface area contributed by atoms with Crippen molar-refractivity contribution in [1.82, 2.24) is 14.5 Å². The fourth-order valence-electron chi connectivity index (χ4n) is 2.86. The lowest BCUT2D eigenvalue weighted by atomic mass is 10.2. The number of nitrogens with zero attached hydrogens (tertiary/aromatic N) is 3. The lowest BCUT2D eigenvalue weighted by molar-refractivity contribution is 0.0531. The molecule has 0 saturated carbocycles. The van der Waals surface area contributed by atoms with Gasteiger partial charge in [-0.1, -0.05) is 18.2 Å². The Labute approximate surface area is 172 Å². The van der Waals surface area contributed by atoms with Crippen molar-refractivity contribution in [1.29, 1.82) is 0 Å². The Morgan fingerprint density at radius 1 is 1.17 bits per heavy atom. The fraction of sp³-hybridized carbons (Fsp3) is 0.136. The molecule has 6 nitrogen and oxygen atoms in total. The molecule has 4 rings (SSSR count). The van der Waals surface area contributed by atoms with E-state index in [2.05, 4.69) is 9.97 Å². The van der Waals surface area contributed by atoms with Crippen LogP contribution in [0.5, 0.6) is 11.5 Å². The van der Waals surface area contributed by atoms with Crippen LogP contribution in [0.15, 0.2) is 67.3 Å². The molecule has 0 radical (unpaired) electrons. The Morgan fingerprint density at radius 3 is 2.72 bits per heavy atom. The molecule has 2 aromatic heterocycles. The van der Waals surface area contributed by atoms with Crippen molar-refractivity contribution in [2.45, 2.75) is 13.8 Å². The number of hydrogen-bond donors (Lipinski definition) is 0. The highest BCUT2D eigenvalue weighted by molar-refractivity contribution is 7.17. The lowest BCUT2D eigenvalue weighted by Crippen LogP contribution is -2.03. The summed E-state index contributed by atoms with van der Waals surface area (Å²) in [6.07, 6.45) is 5.29. The third-order valence-corrected chi connectivity index (χ3v) is 5.40. The second-order valence-electron chi connectivity index (χ2n) is 6.22. The summed E-state index contributed by atoms with van der Waals surface area (Å²) in [5.41, 5.74) is 2.38. The normalized spacial score (nSPS) is 10.7. The van der Waals surface area contributed by atoms with Gasteiger partial charge in [0.05, 0.1) is 24.3 Å². The van der Waals surface area contributed by atoms with Gasteiger partial charge in [-0.25, -0.2) is 14.8 Å².